The van der Waals surface area contributed by atoms with E-state index in [0.717, 1.165) is 25.6 Å². The maximum Gasteiger partial charge on any atom is 0.340 e. The minimum absolute atomic E-state index is 0.146. The predicted octanol–water partition coefficient (Wildman–Crippen LogP) is 4.68. The second kappa shape index (κ2) is 6.41. The van der Waals surface area contributed by atoms with Gasteiger partial charge in [-0.1, -0.05) is 18.2 Å². The van der Waals surface area contributed by atoms with Gasteiger partial charge in [-0.15, -0.1) is 11.3 Å². The molecule has 1 aromatic carbocycles. The van der Waals surface area contributed by atoms with Gasteiger partial charge in [0.25, 0.3) is 0 Å². The topological polar surface area (TPSA) is 71.2 Å². The van der Waals surface area contributed by atoms with Crippen LogP contribution in [0, 0.1) is 6.92 Å². The zero-order valence-electron chi connectivity index (χ0n) is 14.1. The van der Waals surface area contributed by atoms with Crippen molar-refractivity contribution in [3.63, 3.8) is 0 Å². The van der Waals surface area contributed by atoms with E-state index in [4.69, 9.17) is 4.74 Å². The fourth-order valence-corrected chi connectivity index (χ4v) is 4.84. The van der Waals surface area contributed by atoms with E-state index in [9.17, 15) is 9.59 Å². The average Bonchev–Trinajstić information content (AvgIpc) is 3.28. The minimum atomic E-state index is -0.568. The Hall–Kier alpha value is -2.38. The Bertz CT molecular complexity index is 1040. The molecule has 0 saturated heterocycles. The van der Waals surface area contributed by atoms with E-state index in [-0.39, 0.29) is 5.91 Å². The number of aromatic nitrogens is 1. The number of amides is 1. The molecule has 3 aromatic rings. The molecule has 5 nitrogen and oxygen atoms in total. The first-order valence-electron chi connectivity index (χ1n) is 7.97. The third-order valence-electron chi connectivity index (χ3n) is 4.52. The van der Waals surface area contributed by atoms with Gasteiger partial charge >= 0.3 is 5.97 Å². The van der Waals surface area contributed by atoms with Crippen LogP contribution in [0.2, 0.25) is 0 Å². The number of aromatic amines is 1. The van der Waals surface area contributed by atoms with Crippen LogP contribution in [0.15, 0.2) is 40.2 Å². The summed E-state index contributed by atoms with van der Waals surface area (Å²) in [5, 5.41) is 2.91. The Balaban J connectivity index is 2.00. The van der Waals surface area contributed by atoms with Gasteiger partial charge in [0.15, 0.2) is 0 Å². The lowest BCUT2D eigenvalue weighted by Gasteiger charge is -2.12. The number of anilines is 1. The SMILES string of the molecule is COC(=O)c1c(C)[nH]c(-c2ccc(Br)s2)c1[C@@H]1C(=O)Nc2ccccc21. The highest BCUT2D eigenvalue weighted by Crippen LogP contribution is 2.45. The monoisotopic (exact) mass is 430 g/mol. The fraction of sp³-hybridized carbons (Fsp3) is 0.158. The number of ether oxygens (including phenoxy) is 1. The van der Waals surface area contributed by atoms with Gasteiger partial charge < -0.3 is 15.0 Å². The van der Waals surface area contributed by atoms with Crippen molar-refractivity contribution in [3.05, 3.63) is 62.6 Å². The first kappa shape index (κ1) is 17.1. The summed E-state index contributed by atoms with van der Waals surface area (Å²) < 4.78 is 5.97. The molecule has 1 aliphatic heterocycles. The molecule has 26 heavy (non-hydrogen) atoms. The van der Waals surface area contributed by atoms with Gasteiger partial charge in [-0.05, 0) is 46.6 Å². The number of thiophene rings is 1. The number of carbonyl (C=O) groups is 2. The van der Waals surface area contributed by atoms with Crippen molar-refractivity contribution in [1.82, 2.24) is 4.98 Å². The van der Waals surface area contributed by atoms with E-state index < -0.39 is 11.9 Å². The van der Waals surface area contributed by atoms with Gasteiger partial charge in [0, 0.05) is 16.9 Å². The first-order chi connectivity index (χ1) is 12.5. The molecule has 1 amide bonds. The number of H-pyrrole nitrogens is 1. The zero-order chi connectivity index (χ0) is 18.4. The lowest BCUT2D eigenvalue weighted by Crippen LogP contribution is -2.17. The molecule has 1 aliphatic rings. The summed E-state index contributed by atoms with van der Waals surface area (Å²) in [5.41, 5.74) is 4.17. The highest BCUT2D eigenvalue weighted by molar-refractivity contribution is 9.11. The number of benzene rings is 1. The Morgan fingerprint density at radius 1 is 1.23 bits per heavy atom. The lowest BCUT2D eigenvalue weighted by molar-refractivity contribution is -0.116. The highest BCUT2D eigenvalue weighted by atomic mass is 79.9. The number of halogens is 1. The molecule has 0 bridgehead atoms. The molecule has 0 spiro atoms. The van der Waals surface area contributed by atoms with Gasteiger partial charge in [-0.3, -0.25) is 4.79 Å². The van der Waals surface area contributed by atoms with Crippen molar-refractivity contribution in [3.8, 4) is 10.6 Å². The van der Waals surface area contributed by atoms with Crippen LogP contribution in [0.25, 0.3) is 10.6 Å². The number of hydrogen-bond donors (Lipinski definition) is 2. The summed E-state index contributed by atoms with van der Waals surface area (Å²) in [5.74, 6) is -1.17. The second-order valence-electron chi connectivity index (χ2n) is 6.02. The number of methoxy groups -OCH3 is 1. The van der Waals surface area contributed by atoms with Crippen molar-refractivity contribution in [2.24, 2.45) is 0 Å². The minimum Gasteiger partial charge on any atom is -0.465 e. The molecule has 0 aliphatic carbocycles. The quantitative estimate of drug-likeness (QED) is 0.592. The van der Waals surface area contributed by atoms with E-state index >= 15 is 0 Å². The zero-order valence-corrected chi connectivity index (χ0v) is 16.5. The molecule has 2 N–H and O–H groups in total. The van der Waals surface area contributed by atoms with E-state index in [1.54, 1.807) is 0 Å². The summed E-state index contributed by atoms with van der Waals surface area (Å²) in [6.45, 7) is 1.82. The van der Waals surface area contributed by atoms with Gasteiger partial charge in [0.1, 0.15) is 0 Å². The lowest BCUT2D eigenvalue weighted by atomic mass is 9.88. The number of aryl methyl sites for hydroxylation is 1. The molecule has 0 radical (unpaired) electrons. The number of para-hydroxylation sites is 1. The molecule has 1 atom stereocenters. The molecule has 132 valence electrons. The van der Waals surface area contributed by atoms with Gasteiger partial charge in [-0.25, -0.2) is 4.79 Å². The van der Waals surface area contributed by atoms with Crippen LogP contribution in [-0.4, -0.2) is 24.0 Å². The number of rotatable bonds is 3. The van der Waals surface area contributed by atoms with Crippen LogP contribution in [0.5, 0.6) is 0 Å². The van der Waals surface area contributed by atoms with Crippen molar-refractivity contribution >= 4 is 44.8 Å². The summed E-state index contributed by atoms with van der Waals surface area (Å²) in [4.78, 5) is 29.6. The average molecular weight is 431 g/mol. The van der Waals surface area contributed by atoms with Crippen LogP contribution in [0.1, 0.15) is 33.1 Å². The maximum atomic E-state index is 12.8. The number of esters is 1. The van der Waals surface area contributed by atoms with Crippen molar-refractivity contribution in [2.75, 3.05) is 12.4 Å². The van der Waals surface area contributed by atoms with Crippen LogP contribution >= 0.6 is 27.3 Å². The molecule has 2 aromatic heterocycles. The summed E-state index contributed by atoms with van der Waals surface area (Å²) in [6.07, 6.45) is 0. The first-order valence-corrected chi connectivity index (χ1v) is 9.58. The van der Waals surface area contributed by atoms with Gasteiger partial charge in [0.2, 0.25) is 5.91 Å². The molecule has 7 heteroatoms. The summed E-state index contributed by atoms with van der Waals surface area (Å²) in [6, 6.07) is 11.5. The van der Waals surface area contributed by atoms with Crippen LogP contribution < -0.4 is 5.32 Å². The molecule has 0 fully saturated rings. The second-order valence-corrected chi connectivity index (χ2v) is 8.48. The van der Waals surface area contributed by atoms with E-state index in [0.29, 0.717) is 16.8 Å². The Labute approximate surface area is 162 Å². The standard InChI is InChI=1S/C19H15BrN2O3S/c1-9-14(19(24)25-2)16(17(21-9)12-7-8-13(20)26-12)15-10-5-3-4-6-11(10)22-18(15)23/h3-8,15,21H,1-2H3,(H,22,23)/t15-/m1/s1. The third-order valence-corrected chi connectivity index (χ3v) is 6.16. The molecule has 3 heterocycles. The molecule has 0 unspecified atom stereocenters. The van der Waals surface area contributed by atoms with E-state index in [1.165, 1.54) is 18.4 Å². The van der Waals surface area contributed by atoms with Crippen LogP contribution in [0.4, 0.5) is 5.69 Å². The summed E-state index contributed by atoms with van der Waals surface area (Å²) in [7, 11) is 1.35. The van der Waals surface area contributed by atoms with Gasteiger partial charge in [-0.2, -0.15) is 0 Å². The largest absolute Gasteiger partial charge is 0.465 e. The molecular weight excluding hydrogens is 416 g/mol. The number of carbonyl (C=O) groups excluding carboxylic acids is 2. The smallest absolute Gasteiger partial charge is 0.340 e. The van der Waals surface area contributed by atoms with Crippen molar-refractivity contribution in [1.29, 1.82) is 0 Å². The third kappa shape index (κ3) is 2.59. The number of hydrogen-bond acceptors (Lipinski definition) is 4. The molecular formula is C19H15BrN2O3S. The Kier molecular flexibility index (Phi) is 4.20. The van der Waals surface area contributed by atoms with Crippen LogP contribution in [-0.2, 0) is 9.53 Å². The molecule has 4 rings (SSSR count). The fourth-order valence-electron chi connectivity index (χ4n) is 3.44. The Morgan fingerprint density at radius 2 is 2.00 bits per heavy atom. The van der Waals surface area contributed by atoms with E-state index in [1.807, 2.05) is 43.3 Å². The Morgan fingerprint density at radius 3 is 2.69 bits per heavy atom. The van der Waals surface area contributed by atoms with Crippen LogP contribution in [0.3, 0.4) is 0 Å². The summed E-state index contributed by atoms with van der Waals surface area (Å²) >= 11 is 5.02. The number of nitrogens with one attached hydrogen (secondary N) is 2. The highest BCUT2D eigenvalue weighted by Gasteiger charge is 2.38. The predicted molar refractivity (Wildman–Crippen MR) is 105 cm³/mol. The van der Waals surface area contributed by atoms with E-state index in [2.05, 4.69) is 26.2 Å². The number of fused-ring (bicyclic) bond motifs is 1. The van der Waals surface area contributed by atoms with Crippen molar-refractivity contribution in [2.45, 2.75) is 12.8 Å². The maximum absolute atomic E-state index is 12.8. The normalized spacial score (nSPS) is 15.7. The van der Waals surface area contributed by atoms with Gasteiger partial charge in [0.05, 0.1) is 32.9 Å². The van der Waals surface area contributed by atoms with Crippen molar-refractivity contribution < 1.29 is 14.3 Å². The molecule has 0 saturated carbocycles.